The molecule has 24 heavy (non-hydrogen) atoms. The molecule has 5 atom stereocenters. The van der Waals surface area contributed by atoms with Crippen LogP contribution in [0.4, 0.5) is 0 Å². The number of hydrogen-bond acceptors (Lipinski definition) is 4. The second-order valence-corrected chi connectivity index (χ2v) is 8.00. The quantitative estimate of drug-likeness (QED) is 0.663. The summed E-state index contributed by atoms with van der Waals surface area (Å²) in [5.41, 5.74) is -0.317. The van der Waals surface area contributed by atoms with Crippen LogP contribution in [0.15, 0.2) is 11.6 Å². The SMILES string of the molecule is CC(C)=CCC(O)C(C)CCC[C@]1(C)OC[C@]2(C(=O)O)CC[C@H]1O2. The van der Waals surface area contributed by atoms with Gasteiger partial charge in [-0.2, -0.15) is 0 Å². The van der Waals surface area contributed by atoms with Crippen LogP contribution in [0.1, 0.15) is 66.2 Å². The molecule has 2 rings (SSSR count). The fourth-order valence-electron chi connectivity index (χ4n) is 3.67. The average molecular weight is 340 g/mol. The third-order valence-electron chi connectivity index (χ3n) is 5.64. The Balaban J connectivity index is 1.80. The van der Waals surface area contributed by atoms with Gasteiger partial charge in [0.2, 0.25) is 0 Å². The lowest BCUT2D eigenvalue weighted by atomic mass is 9.87. The number of aliphatic hydroxyl groups is 1. The van der Waals surface area contributed by atoms with Crippen molar-refractivity contribution in [2.45, 2.75) is 89.6 Å². The van der Waals surface area contributed by atoms with Crippen molar-refractivity contribution in [3.63, 3.8) is 0 Å². The number of rotatable bonds is 8. The summed E-state index contributed by atoms with van der Waals surface area (Å²) in [5.74, 6) is -0.682. The third kappa shape index (κ3) is 4.19. The Morgan fingerprint density at radius 2 is 2.12 bits per heavy atom. The molecule has 138 valence electrons. The van der Waals surface area contributed by atoms with Crippen LogP contribution in [0, 0.1) is 5.92 Å². The van der Waals surface area contributed by atoms with Gasteiger partial charge in [-0.1, -0.05) is 25.0 Å². The molecular formula is C19H32O5. The van der Waals surface area contributed by atoms with Gasteiger partial charge in [-0.25, -0.2) is 4.79 Å². The van der Waals surface area contributed by atoms with Crippen LogP contribution in [-0.4, -0.2) is 46.2 Å². The first kappa shape index (κ1) is 19.4. The number of aliphatic hydroxyl groups excluding tert-OH is 1. The van der Waals surface area contributed by atoms with Crippen LogP contribution in [0.2, 0.25) is 0 Å². The summed E-state index contributed by atoms with van der Waals surface area (Å²) in [6.07, 6.45) is 6.26. The highest BCUT2D eigenvalue weighted by atomic mass is 16.6. The van der Waals surface area contributed by atoms with Gasteiger partial charge in [0.05, 0.1) is 24.4 Å². The van der Waals surface area contributed by atoms with Crippen molar-refractivity contribution in [2.75, 3.05) is 6.61 Å². The number of carbonyl (C=O) groups is 1. The molecule has 2 aliphatic rings. The maximum absolute atomic E-state index is 11.4. The first-order valence-corrected chi connectivity index (χ1v) is 9.05. The monoisotopic (exact) mass is 340 g/mol. The van der Waals surface area contributed by atoms with E-state index in [1.807, 2.05) is 20.8 Å². The van der Waals surface area contributed by atoms with Crippen molar-refractivity contribution < 1.29 is 24.5 Å². The topological polar surface area (TPSA) is 76.0 Å². The molecule has 0 aromatic rings. The molecule has 2 unspecified atom stereocenters. The Kier molecular flexibility index (Phi) is 6.10. The molecule has 0 saturated carbocycles. The van der Waals surface area contributed by atoms with E-state index in [2.05, 4.69) is 13.0 Å². The van der Waals surface area contributed by atoms with Crippen LogP contribution in [0.3, 0.4) is 0 Å². The van der Waals surface area contributed by atoms with Crippen molar-refractivity contribution in [1.29, 1.82) is 0 Å². The minimum Gasteiger partial charge on any atom is -0.479 e. The molecule has 0 spiro atoms. The molecule has 2 fully saturated rings. The Bertz CT molecular complexity index is 484. The predicted octanol–water partition coefficient (Wildman–Crippen LogP) is 3.30. The highest BCUT2D eigenvalue weighted by molar-refractivity contribution is 5.78. The summed E-state index contributed by atoms with van der Waals surface area (Å²) in [6, 6.07) is 0. The van der Waals surface area contributed by atoms with Crippen molar-refractivity contribution in [2.24, 2.45) is 5.92 Å². The van der Waals surface area contributed by atoms with Crippen LogP contribution < -0.4 is 0 Å². The second kappa shape index (κ2) is 7.54. The normalized spacial score (nSPS) is 34.6. The molecule has 0 aromatic heterocycles. The highest BCUT2D eigenvalue weighted by Crippen LogP contribution is 2.44. The van der Waals surface area contributed by atoms with Gasteiger partial charge >= 0.3 is 5.97 Å². The van der Waals surface area contributed by atoms with Gasteiger partial charge in [0, 0.05) is 0 Å². The lowest BCUT2D eigenvalue weighted by molar-refractivity contribution is -0.243. The molecule has 5 nitrogen and oxygen atoms in total. The summed E-state index contributed by atoms with van der Waals surface area (Å²) < 4.78 is 11.8. The van der Waals surface area contributed by atoms with E-state index in [4.69, 9.17) is 9.47 Å². The number of carboxylic acids is 1. The summed E-state index contributed by atoms with van der Waals surface area (Å²) in [7, 11) is 0. The fourth-order valence-corrected chi connectivity index (χ4v) is 3.67. The standard InChI is InChI=1S/C19H32O5/c1-13(2)7-8-15(20)14(3)6-5-10-18(4)16-9-11-19(24-16,12-23-18)17(21)22/h7,14-16,20H,5-6,8-12H2,1-4H3,(H,21,22)/t14?,15?,16-,18+,19+/m1/s1. The van der Waals surface area contributed by atoms with E-state index >= 15 is 0 Å². The Labute approximate surface area is 145 Å². The molecule has 2 saturated heterocycles. The predicted molar refractivity (Wildman–Crippen MR) is 91.9 cm³/mol. The summed E-state index contributed by atoms with van der Waals surface area (Å²) in [6.45, 7) is 8.32. The number of fused-ring (bicyclic) bond motifs is 2. The van der Waals surface area contributed by atoms with Gasteiger partial charge in [-0.05, 0) is 58.8 Å². The first-order chi connectivity index (χ1) is 11.2. The van der Waals surface area contributed by atoms with Crippen molar-refractivity contribution in [3.8, 4) is 0 Å². The Hall–Kier alpha value is -0.910. The van der Waals surface area contributed by atoms with Crippen molar-refractivity contribution in [3.05, 3.63) is 11.6 Å². The van der Waals surface area contributed by atoms with E-state index in [-0.39, 0.29) is 24.7 Å². The highest BCUT2D eigenvalue weighted by Gasteiger charge is 2.57. The average Bonchev–Trinajstić information content (AvgIpc) is 2.91. The molecule has 0 aliphatic carbocycles. The lowest BCUT2D eigenvalue weighted by Crippen LogP contribution is -2.55. The van der Waals surface area contributed by atoms with Crippen molar-refractivity contribution >= 4 is 5.97 Å². The Morgan fingerprint density at radius 3 is 2.75 bits per heavy atom. The number of allylic oxidation sites excluding steroid dienone is 1. The fraction of sp³-hybridized carbons (Fsp3) is 0.842. The molecule has 2 heterocycles. The van der Waals surface area contributed by atoms with Gasteiger partial charge in [0.1, 0.15) is 0 Å². The molecule has 5 heteroatoms. The van der Waals surface area contributed by atoms with Gasteiger partial charge in [-0.15, -0.1) is 0 Å². The van der Waals surface area contributed by atoms with Crippen molar-refractivity contribution in [1.82, 2.24) is 0 Å². The molecule has 2 aliphatic heterocycles. The van der Waals surface area contributed by atoms with Gasteiger partial charge in [-0.3, -0.25) is 0 Å². The van der Waals surface area contributed by atoms with Crippen LogP contribution in [-0.2, 0) is 14.3 Å². The Morgan fingerprint density at radius 1 is 1.42 bits per heavy atom. The van der Waals surface area contributed by atoms with E-state index in [0.29, 0.717) is 12.8 Å². The van der Waals surface area contributed by atoms with E-state index in [9.17, 15) is 15.0 Å². The minimum absolute atomic E-state index is 0.133. The number of ether oxygens (including phenoxy) is 2. The van der Waals surface area contributed by atoms with E-state index in [1.165, 1.54) is 5.57 Å². The lowest BCUT2D eigenvalue weighted by Gasteiger charge is -2.42. The van der Waals surface area contributed by atoms with Gasteiger partial charge < -0.3 is 19.7 Å². The molecule has 0 aromatic carbocycles. The molecule has 2 N–H and O–H groups in total. The van der Waals surface area contributed by atoms with Gasteiger partial charge in [0.25, 0.3) is 0 Å². The summed E-state index contributed by atoms with van der Waals surface area (Å²) >= 11 is 0. The summed E-state index contributed by atoms with van der Waals surface area (Å²) in [5, 5.41) is 19.5. The van der Waals surface area contributed by atoms with E-state index < -0.39 is 17.2 Å². The zero-order chi connectivity index (χ0) is 18.0. The third-order valence-corrected chi connectivity index (χ3v) is 5.64. The maximum Gasteiger partial charge on any atom is 0.338 e. The summed E-state index contributed by atoms with van der Waals surface area (Å²) in [4.78, 5) is 11.4. The van der Waals surface area contributed by atoms with Crippen LogP contribution in [0.5, 0.6) is 0 Å². The van der Waals surface area contributed by atoms with E-state index in [1.54, 1.807) is 0 Å². The van der Waals surface area contributed by atoms with Gasteiger partial charge in [0.15, 0.2) is 5.60 Å². The second-order valence-electron chi connectivity index (χ2n) is 8.00. The number of hydrogen-bond donors (Lipinski definition) is 2. The zero-order valence-corrected chi connectivity index (χ0v) is 15.4. The number of carboxylic acid groups (broad SMARTS) is 1. The zero-order valence-electron chi connectivity index (χ0n) is 15.4. The van der Waals surface area contributed by atoms with Crippen LogP contribution >= 0.6 is 0 Å². The maximum atomic E-state index is 11.4. The molecule has 0 radical (unpaired) electrons. The largest absolute Gasteiger partial charge is 0.479 e. The molecule has 0 amide bonds. The minimum atomic E-state index is -1.13. The smallest absolute Gasteiger partial charge is 0.338 e. The van der Waals surface area contributed by atoms with E-state index in [0.717, 1.165) is 25.7 Å². The molecule has 2 bridgehead atoms. The first-order valence-electron chi connectivity index (χ1n) is 9.05. The molecular weight excluding hydrogens is 308 g/mol. The van der Waals surface area contributed by atoms with Crippen LogP contribution in [0.25, 0.3) is 0 Å². The number of aliphatic carboxylic acids is 1.